The first kappa shape index (κ1) is 13.8. The third kappa shape index (κ3) is 3.23. The molecule has 0 radical (unpaired) electrons. The predicted octanol–water partition coefficient (Wildman–Crippen LogP) is 1.07. The number of nitrogens with one attached hydrogen (secondary N) is 1. The molecule has 0 saturated carbocycles. The summed E-state index contributed by atoms with van der Waals surface area (Å²) in [7, 11) is 4.14. The molecule has 2 atom stereocenters. The second kappa shape index (κ2) is 6.02. The Labute approximate surface area is 111 Å². The summed E-state index contributed by atoms with van der Waals surface area (Å²) in [6, 6.07) is 0.977. The Morgan fingerprint density at radius 1 is 1.22 bits per heavy atom. The van der Waals surface area contributed by atoms with Gasteiger partial charge < -0.3 is 15.1 Å². The number of hydrogen-bond acceptors (Lipinski definition) is 3. The largest absolute Gasteiger partial charge is 0.341 e. The average molecular weight is 253 g/mol. The molecule has 2 saturated heterocycles. The van der Waals surface area contributed by atoms with E-state index in [-0.39, 0.29) is 6.04 Å². The van der Waals surface area contributed by atoms with Gasteiger partial charge in [-0.3, -0.25) is 4.79 Å². The summed E-state index contributed by atoms with van der Waals surface area (Å²) in [5, 5.41) is 3.44. The topological polar surface area (TPSA) is 35.6 Å². The predicted molar refractivity (Wildman–Crippen MR) is 73.5 cm³/mol. The van der Waals surface area contributed by atoms with Crippen LogP contribution in [-0.2, 0) is 4.79 Å². The normalized spacial score (nSPS) is 31.3. The Balaban J connectivity index is 1.87. The van der Waals surface area contributed by atoms with Crippen molar-refractivity contribution in [2.24, 2.45) is 0 Å². The third-order valence-electron chi connectivity index (χ3n) is 4.50. The lowest BCUT2D eigenvalue weighted by Crippen LogP contribution is -2.54. The highest BCUT2D eigenvalue weighted by Crippen LogP contribution is 2.18. The van der Waals surface area contributed by atoms with Gasteiger partial charge in [0.2, 0.25) is 5.91 Å². The van der Waals surface area contributed by atoms with E-state index in [9.17, 15) is 4.79 Å². The van der Waals surface area contributed by atoms with Crippen molar-refractivity contribution in [1.29, 1.82) is 0 Å². The molecule has 0 aromatic carbocycles. The molecule has 0 aromatic heterocycles. The third-order valence-corrected chi connectivity index (χ3v) is 4.50. The number of carbonyl (C=O) groups excluding carboxylic acids is 1. The van der Waals surface area contributed by atoms with Crippen LogP contribution in [0.3, 0.4) is 0 Å². The van der Waals surface area contributed by atoms with Gasteiger partial charge in [0.05, 0.1) is 6.04 Å². The molecular formula is C14H27N3O. The highest BCUT2D eigenvalue weighted by atomic mass is 16.2. The van der Waals surface area contributed by atoms with Crippen LogP contribution in [0.1, 0.15) is 39.0 Å². The lowest BCUT2D eigenvalue weighted by atomic mass is 9.97. The van der Waals surface area contributed by atoms with E-state index >= 15 is 0 Å². The van der Waals surface area contributed by atoms with Crippen LogP contribution in [0.5, 0.6) is 0 Å². The number of likely N-dealkylation sites (tertiary alicyclic amines) is 1. The second-order valence-corrected chi connectivity index (χ2v) is 6.03. The maximum atomic E-state index is 12.5. The standard InChI is InChI=1S/C14H27N3O/c1-11-5-4-6-13(15-11)14(18)17(3)12-7-9-16(2)10-8-12/h11-13,15H,4-10H2,1-3H3. The van der Waals surface area contributed by atoms with Crippen LogP contribution in [0.2, 0.25) is 0 Å². The van der Waals surface area contributed by atoms with Gasteiger partial charge in [0.25, 0.3) is 0 Å². The van der Waals surface area contributed by atoms with Crippen molar-refractivity contribution in [3.63, 3.8) is 0 Å². The van der Waals surface area contributed by atoms with Crippen molar-refractivity contribution >= 4 is 5.91 Å². The molecule has 1 N–H and O–H groups in total. The van der Waals surface area contributed by atoms with Gasteiger partial charge in [0.15, 0.2) is 0 Å². The number of hydrogen-bond donors (Lipinski definition) is 1. The summed E-state index contributed by atoms with van der Waals surface area (Å²) in [4.78, 5) is 16.8. The molecular weight excluding hydrogens is 226 g/mol. The molecule has 0 bridgehead atoms. The summed E-state index contributed by atoms with van der Waals surface area (Å²) in [6.07, 6.45) is 5.59. The summed E-state index contributed by atoms with van der Waals surface area (Å²) >= 11 is 0. The Bertz CT molecular complexity index is 287. The fourth-order valence-corrected chi connectivity index (χ4v) is 3.14. The molecule has 1 amide bonds. The minimum atomic E-state index is 0.0541. The van der Waals surface area contributed by atoms with E-state index < -0.39 is 0 Å². The first-order valence-electron chi connectivity index (χ1n) is 7.29. The molecule has 0 aliphatic carbocycles. The van der Waals surface area contributed by atoms with Gasteiger partial charge >= 0.3 is 0 Å². The molecule has 2 aliphatic rings. The van der Waals surface area contributed by atoms with Crippen molar-refractivity contribution in [1.82, 2.24) is 15.1 Å². The second-order valence-electron chi connectivity index (χ2n) is 6.03. The van der Waals surface area contributed by atoms with Crippen LogP contribution in [0.15, 0.2) is 0 Å². The zero-order valence-electron chi connectivity index (χ0n) is 12.0. The Hall–Kier alpha value is -0.610. The maximum Gasteiger partial charge on any atom is 0.239 e. The van der Waals surface area contributed by atoms with E-state index in [0.29, 0.717) is 18.0 Å². The number of carbonyl (C=O) groups is 1. The molecule has 104 valence electrons. The molecule has 2 rings (SSSR count). The molecule has 4 nitrogen and oxygen atoms in total. The molecule has 0 aromatic rings. The Morgan fingerprint density at radius 3 is 2.50 bits per heavy atom. The molecule has 4 heteroatoms. The van der Waals surface area contributed by atoms with E-state index in [1.807, 2.05) is 11.9 Å². The highest BCUT2D eigenvalue weighted by Gasteiger charge is 2.30. The molecule has 2 heterocycles. The quantitative estimate of drug-likeness (QED) is 0.799. The molecule has 2 aliphatic heterocycles. The monoisotopic (exact) mass is 253 g/mol. The van der Waals surface area contributed by atoms with Gasteiger partial charge in [-0.25, -0.2) is 0 Å². The van der Waals surface area contributed by atoms with E-state index in [1.165, 1.54) is 12.8 Å². The van der Waals surface area contributed by atoms with Crippen molar-refractivity contribution in [3.8, 4) is 0 Å². The molecule has 18 heavy (non-hydrogen) atoms. The number of amides is 1. The first-order valence-corrected chi connectivity index (χ1v) is 7.29. The van der Waals surface area contributed by atoms with Crippen LogP contribution >= 0.6 is 0 Å². The fraction of sp³-hybridized carbons (Fsp3) is 0.929. The van der Waals surface area contributed by atoms with Crippen LogP contribution in [-0.4, -0.2) is 61.0 Å². The highest BCUT2D eigenvalue weighted by molar-refractivity contribution is 5.82. The van der Waals surface area contributed by atoms with Crippen molar-refractivity contribution < 1.29 is 4.79 Å². The lowest BCUT2D eigenvalue weighted by molar-refractivity contribution is -0.136. The number of likely N-dealkylation sites (N-methyl/N-ethyl adjacent to an activating group) is 1. The van der Waals surface area contributed by atoms with E-state index in [1.54, 1.807) is 0 Å². The average Bonchev–Trinajstić information content (AvgIpc) is 2.38. The zero-order chi connectivity index (χ0) is 13.1. The Morgan fingerprint density at radius 2 is 1.89 bits per heavy atom. The van der Waals surface area contributed by atoms with Crippen LogP contribution in [0.25, 0.3) is 0 Å². The number of piperidine rings is 2. The molecule has 0 spiro atoms. The van der Waals surface area contributed by atoms with Crippen molar-refractivity contribution in [2.75, 3.05) is 27.2 Å². The fourth-order valence-electron chi connectivity index (χ4n) is 3.14. The first-order chi connectivity index (χ1) is 8.58. The summed E-state index contributed by atoms with van der Waals surface area (Å²) in [5.74, 6) is 0.302. The smallest absolute Gasteiger partial charge is 0.239 e. The minimum absolute atomic E-state index is 0.0541. The summed E-state index contributed by atoms with van der Waals surface area (Å²) in [5.41, 5.74) is 0. The number of rotatable bonds is 2. The minimum Gasteiger partial charge on any atom is -0.341 e. The molecule has 2 fully saturated rings. The van der Waals surface area contributed by atoms with Gasteiger partial charge in [-0.1, -0.05) is 0 Å². The van der Waals surface area contributed by atoms with Crippen LogP contribution in [0.4, 0.5) is 0 Å². The van der Waals surface area contributed by atoms with Crippen LogP contribution < -0.4 is 5.32 Å². The Kier molecular flexibility index (Phi) is 4.62. The van der Waals surface area contributed by atoms with E-state index in [4.69, 9.17) is 0 Å². The van der Waals surface area contributed by atoms with Crippen LogP contribution in [0, 0.1) is 0 Å². The van der Waals surface area contributed by atoms with Gasteiger partial charge in [0, 0.05) is 19.1 Å². The number of nitrogens with zero attached hydrogens (tertiary/aromatic N) is 2. The summed E-state index contributed by atoms with van der Waals surface area (Å²) < 4.78 is 0. The van der Waals surface area contributed by atoms with E-state index in [0.717, 1.165) is 32.4 Å². The summed E-state index contributed by atoms with van der Waals surface area (Å²) in [6.45, 7) is 4.39. The van der Waals surface area contributed by atoms with E-state index in [2.05, 4.69) is 24.2 Å². The van der Waals surface area contributed by atoms with Gasteiger partial charge in [-0.2, -0.15) is 0 Å². The van der Waals surface area contributed by atoms with Gasteiger partial charge in [0.1, 0.15) is 0 Å². The lowest BCUT2D eigenvalue weighted by Gasteiger charge is -2.38. The van der Waals surface area contributed by atoms with Gasteiger partial charge in [-0.15, -0.1) is 0 Å². The molecule has 2 unspecified atom stereocenters. The zero-order valence-corrected chi connectivity index (χ0v) is 12.0. The SMILES string of the molecule is CC1CCCC(C(=O)N(C)C2CCN(C)CC2)N1. The maximum absolute atomic E-state index is 12.5. The van der Waals surface area contributed by atoms with Crippen molar-refractivity contribution in [2.45, 2.75) is 57.2 Å². The van der Waals surface area contributed by atoms with Crippen molar-refractivity contribution in [3.05, 3.63) is 0 Å². The van der Waals surface area contributed by atoms with Gasteiger partial charge in [-0.05, 0) is 59.2 Å².